The van der Waals surface area contributed by atoms with E-state index in [0.29, 0.717) is 6.61 Å². The van der Waals surface area contributed by atoms with Crippen LogP contribution in [0.3, 0.4) is 0 Å². The lowest BCUT2D eigenvalue weighted by atomic mass is 10.1. The zero-order chi connectivity index (χ0) is 6.91. The lowest BCUT2D eigenvalue weighted by Crippen LogP contribution is -2.48. The number of hydrogen-bond donors (Lipinski definition) is 1. The first-order valence-electron chi connectivity index (χ1n) is 2.84. The maximum atomic E-state index is 12.3. The summed E-state index contributed by atoms with van der Waals surface area (Å²) in [4.78, 5) is 0. The summed E-state index contributed by atoms with van der Waals surface area (Å²) < 4.78 is 29.2. The summed E-state index contributed by atoms with van der Waals surface area (Å²) in [5.41, 5.74) is 5.08. The van der Waals surface area contributed by atoms with Crippen LogP contribution in [0.1, 0.15) is 6.42 Å². The van der Waals surface area contributed by atoms with Crippen molar-refractivity contribution in [2.24, 2.45) is 5.73 Å². The molecule has 2 N–H and O–H groups in total. The summed E-state index contributed by atoms with van der Waals surface area (Å²) in [6.45, 7) is -0.162. The van der Waals surface area contributed by atoms with Crippen LogP contribution in [-0.2, 0) is 4.74 Å². The number of alkyl halides is 2. The van der Waals surface area contributed by atoms with Gasteiger partial charge >= 0.3 is 0 Å². The van der Waals surface area contributed by atoms with Crippen LogP contribution in [0, 0.1) is 0 Å². The molecule has 0 spiro atoms. The lowest BCUT2D eigenvalue weighted by molar-refractivity contribution is -0.127. The number of ether oxygens (including phenoxy) is 1. The summed E-state index contributed by atoms with van der Waals surface area (Å²) in [5.74, 6) is -2.81. The molecule has 0 aromatic heterocycles. The first-order valence-corrected chi connectivity index (χ1v) is 2.84. The summed E-state index contributed by atoms with van der Waals surface area (Å²) >= 11 is 0. The van der Waals surface area contributed by atoms with Crippen molar-refractivity contribution in [1.29, 1.82) is 0 Å². The Hall–Kier alpha value is -0.220. The molecule has 9 heavy (non-hydrogen) atoms. The highest BCUT2D eigenvalue weighted by atomic mass is 19.3. The van der Waals surface area contributed by atoms with E-state index in [1.165, 1.54) is 0 Å². The van der Waals surface area contributed by atoms with E-state index in [-0.39, 0.29) is 6.42 Å². The van der Waals surface area contributed by atoms with E-state index in [1.807, 2.05) is 0 Å². The predicted molar refractivity (Wildman–Crippen MR) is 28.4 cm³/mol. The van der Waals surface area contributed by atoms with Gasteiger partial charge in [-0.15, -0.1) is 0 Å². The van der Waals surface area contributed by atoms with E-state index in [2.05, 4.69) is 4.74 Å². The van der Waals surface area contributed by atoms with E-state index >= 15 is 0 Å². The summed E-state index contributed by atoms with van der Waals surface area (Å²) in [6, 6.07) is -1.01. The highest BCUT2D eigenvalue weighted by molar-refractivity contribution is 4.82. The molecule has 54 valence electrons. The molecule has 0 amide bonds. The molecule has 0 saturated carbocycles. The first-order chi connectivity index (χ1) is 4.13. The Balaban J connectivity index is 2.49. The Morgan fingerprint density at radius 1 is 1.56 bits per heavy atom. The maximum absolute atomic E-state index is 12.3. The molecule has 1 saturated heterocycles. The van der Waals surface area contributed by atoms with Crippen molar-refractivity contribution in [3.8, 4) is 0 Å². The predicted octanol–water partition coefficient (Wildman–Crippen LogP) is 0.369. The highest BCUT2D eigenvalue weighted by Gasteiger charge is 2.39. The van der Waals surface area contributed by atoms with Crippen LogP contribution in [0.4, 0.5) is 8.78 Å². The molecule has 1 fully saturated rings. The van der Waals surface area contributed by atoms with Gasteiger partial charge in [-0.05, 0) is 6.42 Å². The van der Waals surface area contributed by atoms with Gasteiger partial charge in [-0.1, -0.05) is 0 Å². The topological polar surface area (TPSA) is 35.2 Å². The average molecular weight is 137 g/mol. The van der Waals surface area contributed by atoms with Gasteiger partial charge in [0.1, 0.15) is 6.61 Å². The smallest absolute Gasteiger partial charge is 0.285 e. The van der Waals surface area contributed by atoms with Gasteiger partial charge in [0.25, 0.3) is 5.92 Å². The average Bonchev–Trinajstić information content (AvgIpc) is 1.77. The molecule has 2 nitrogen and oxygen atoms in total. The van der Waals surface area contributed by atoms with E-state index in [4.69, 9.17) is 5.73 Å². The summed E-state index contributed by atoms with van der Waals surface area (Å²) in [5, 5.41) is 0. The van der Waals surface area contributed by atoms with Crippen molar-refractivity contribution in [2.75, 3.05) is 13.2 Å². The van der Waals surface area contributed by atoms with Crippen molar-refractivity contribution in [3.63, 3.8) is 0 Å². The highest BCUT2D eigenvalue weighted by Crippen LogP contribution is 2.23. The Morgan fingerprint density at radius 2 is 2.22 bits per heavy atom. The van der Waals surface area contributed by atoms with Crippen molar-refractivity contribution < 1.29 is 13.5 Å². The van der Waals surface area contributed by atoms with E-state index in [0.717, 1.165) is 0 Å². The van der Waals surface area contributed by atoms with Crippen LogP contribution >= 0.6 is 0 Å². The molecule has 1 heterocycles. The number of nitrogens with two attached hydrogens (primary N) is 1. The molecular weight excluding hydrogens is 128 g/mol. The standard InChI is InChI=1S/C5H9F2NO/c6-5(7)3-9-2-1-4(5)8/h4H,1-3,8H2/t4-/m0/s1. The molecule has 4 heteroatoms. The Morgan fingerprint density at radius 3 is 2.56 bits per heavy atom. The molecular formula is C5H9F2NO. The molecule has 0 aromatic carbocycles. The first kappa shape index (κ1) is 6.89. The maximum Gasteiger partial charge on any atom is 0.285 e. The fourth-order valence-electron chi connectivity index (χ4n) is 0.737. The molecule has 1 rings (SSSR count). The van der Waals surface area contributed by atoms with Crippen LogP contribution < -0.4 is 5.73 Å². The van der Waals surface area contributed by atoms with Gasteiger partial charge in [-0.25, -0.2) is 8.78 Å². The third kappa shape index (κ3) is 1.37. The van der Waals surface area contributed by atoms with E-state index in [9.17, 15) is 8.78 Å². The molecule has 0 radical (unpaired) electrons. The minimum atomic E-state index is -2.81. The number of hydrogen-bond acceptors (Lipinski definition) is 2. The van der Waals surface area contributed by atoms with Gasteiger partial charge in [0, 0.05) is 6.61 Å². The monoisotopic (exact) mass is 137 g/mol. The SMILES string of the molecule is N[C@H]1CCOCC1(F)F. The largest absolute Gasteiger partial charge is 0.375 e. The molecule has 0 aliphatic carbocycles. The van der Waals surface area contributed by atoms with Crippen LogP contribution in [0.5, 0.6) is 0 Å². The van der Waals surface area contributed by atoms with Gasteiger partial charge in [-0.3, -0.25) is 0 Å². The fourth-order valence-corrected chi connectivity index (χ4v) is 0.737. The molecule has 1 aliphatic heterocycles. The van der Waals surface area contributed by atoms with Crippen molar-refractivity contribution in [2.45, 2.75) is 18.4 Å². The Bertz CT molecular complexity index is 107. The fraction of sp³-hybridized carbons (Fsp3) is 1.00. The molecule has 1 atom stereocenters. The van der Waals surface area contributed by atoms with Crippen LogP contribution in [0.25, 0.3) is 0 Å². The van der Waals surface area contributed by atoms with Gasteiger partial charge in [-0.2, -0.15) is 0 Å². The minimum absolute atomic E-state index is 0.257. The second-order valence-corrected chi connectivity index (χ2v) is 2.21. The minimum Gasteiger partial charge on any atom is -0.375 e. The van der Waals surface area contributed by atoms with Gasteiger partial charge in [0.15, 0.2) is 0 Å². The molecule has 1 aliphatic rings. The van der Waals surface area contributed by atoms with Crippen LogP contribution in [0.15, 0.2) is 0 Å². The summed E-state index contributed by atoms with van der Waals surface area (Å²) in [7, 11) is 0. The van der Waals surface area contributed by atoms with Gasteiger partial charge in [0.05, 0.1) is 6.04 Å². The molecule has 0 aromatic rings. The summed E-state index contributed by atoms with van der Waals surface area (Å²) in [6.07, 6.45) is 0.257. The zero-order valence-electron chi connectivity index (χ0n) is 4.94. The van der Waals surface area contributed by atoms with Crippen molar-refractivity contribution in [3.05, 3.63) is 0 Å². The van der Waals surface area contributed by atoms with Gasteiger partial charge in [0.2, 0.25) is 0 Å². The lowest BCUT2D eigenvalue weighted by Gasteiger charge is -2.27. The Labute approximate surface area is 52.0 Å². The quantitative estimate of drug-likeness (QED) is 0.523. The van der Waals surface area contributed by atoms with Crippen molar-refractivity contribution in [1.82, 2.24) is 0 Å². The molecule has 0 bridgehead atoms. The number of rotatable bonds is 0. The van der Waals surface area contributed by atoms with Crippen LogP contribution in [0.2, 0.25) is 0 Å². The third-order valence-corrected chi connectivity index (χ3v) is 1.41. The Kier molecular flexibility index (Phi) is 1.68. The zero-order valence-corrected chi connectivity index (χ0v) is 4.94. The van der Waals surface area contributed by atoms with Gasteiger partial charge < -0.3 is 10.5 Å². The normalized spacial score (nSPS) is 34.3. The number of halogens is 2. The second-order valence-electron chi connectivity index (χ2n) is 2.21. The van der Waals surface area contributed by atoms with Crippen LogP contribution in [-0.4, -0.2) is 25.2 Å². The molecule has 0 unspecified atom stereocenters. The second kappa shape index (κ2) is 2.19. The van der Waals surface area contributed by atoms with E-state index in [1.54, 1.807) is 0 Å². The van der Waals surface area contributed by atoms with E-state index < -0.39 is 18.6 Å². The van der Waals surface area contributed by atoms with Crippen molar-refractivity contribution >= 4 is 0 Å². The third-order valence-electron chi connectivity index (χ3n) is 1.41.